The monoisotopic (exact) mass is 350 g/mol. The van der Waals surface area contributed by atoms with Gasteiger partial charge in [-0.15, -0.1) is 0 Å². The SMILES string of the molecule is Cc1cc(C(N)=O)cc(C)c1C[C@](C)(NC(=O)OC(C)(C)C)C(=O)O. The summed E-state index contributed by atoms with van der Waals surface area (Å²) < 4.78 is 5.16. The van der Waals surface area contributed by atoms with Crippen molar-refractivity contribution in [2.24, 2.45) is 5.73 Å². The van der Waals surface area contributed by atoms with Crippen LogP contribution in [0.1, 0.15) is 54.7 Å². The molecule has 0 aliphatic rings. The van der Waals surface area contributed by atoms with Crippen LogP contribution in [-0.4, -0.2) is 34.2 Å². The van der Waals surface area contributed by atoms with E-state index < -0.39 is 29.1 Å². The highest BCUT2D eigenvalue weighted by Crippen LogP contribution is 2.23. The summed E-state index contributed by atoms with van der Waals surface area (Å²) in [6, 6.07) is 3.22. The molecule has 4 N–H and O–H groups in total. The number of carboxylic acid groups (broad SMARTS) is 1. The molecule has 1 aromatic carbocycles. The molecule has 1 rings (SSSR count). The Bertz CT molecular complexity index is 683. The molecule has 0 aromatic heterocycles. The lowest BCUT2D eigenvalue weighted by molar-refractivity contribution is -0.144. The fourth-order valence-electron chi connectivity index (χ4n) is 2.47. The number of alkyl carbamates (subject to hydrolysis) is 1. The Morgan fingerprint density at radius 2 is 1.60 bits per heavy atom. The summed E-state index contributed by atoms with van der Waals surface area (Å²) in [6.45, 7) is 10.0. The van der Waals surface area contributed by atoms with Crippen molar-refractivity contribution in [1.82, 2.24) is 5.32 Å². The van der Waals surface area contributed by atoms with E-state index in [2.05, 4.69) is 5.32 Å². The van der Waals surface area contributed by atoms with Crippen molar-refractivity contribution in [3.63, 3.8) is 0 Å². The third-order valence-electron chi connectivity index (χ3n) is 3.76. The van der Waals surface area contributed by atoms with Crippen molar-refractivity contribution in [2.75, 3.05) is 0 Å². The number of aryl methyl sites for hydroxylation is 2. The minimum atomic E-state index is -1.56. The van der Waals surface area contributed by atoms with Gasteiger partial charge >= 0.3 is 12.1 Å². The number of carboxylic acids is 1. The van der Waals surface area contributed by atoms with Crippen LogP contribution in [0.5, 0.6) is 0 Å². The zero-order chi connectivity index (χ0) is 19.6. The van der Waals surface area contributed by atoms with Crippen molar-refractivity contribution in [2.45, 2.75) is 59.1 Å². The lowest BCUT2D eigenvalue weighted by Crippen LogP contribution is -2.55. The maximum atomic E-state index is 12.0. The van der Waals surface area contributed by atoms with Crippen molar-refractivity contribution >= 4 is 18.0 Å². The third-order valence-corrected chi connectivity index (χ3v) is 3.76. The number of nitrogens with one attached hydrogen (secondary N) is 1. The quantitative estimate of drug-likeness (QED) is 0.753. The van der Waals surface area contributed by atoms with Gasteiger partial charge in [0.25, 0.3) is 0 Å². The number of hydrogen-bond donors (Lipinski definition) is 3. The molecule has 0 saturated heterocycles. The van der Waals surface area contributed by atoms with Gasteiger partial charge in [-0.2, -0.15) is 0 Å². The van der Waals surface area contributed by atoms with Crippen LogP contribution in [0, 0.1) is 13.8 Å². The van der Waals surface area contributed by atoms with Gasteiger partial charge in [-0.3, -0.25) is 4.79 Å². The molecule has 7 heteroatoms. The van der Waals surface area contributed by atoms with Gasteiger partial charge in [0.05, 0.1) is 0 Å². The van der Waals surface area contributed by atoms with Crippen LogP contribution in [0.2, 0.25) is 0 Å². The van der Waals surface area contributed by atoms with Gasteiger partial charge in [0.2, 0.25) is 5.91 Å². The van der Waals surface area contributed by atoms with Gasteiger partial charge in [-0.25, -0.2) is 9.59 Å². The Balaban J connectivity index is 3.15. The number of benzene rings is 1. The number of primary amides is 1. The number of carbonyl (C=O) groups is 3. The highest BCUT2D eigenvalue weighted by atomic mass is 16.6. The minimum absolute atomic E-state index is 0.0400. The molecule has 25 heavy (non-hydrogen) atoms. The van der Waals surface area contributed by atoms with Crippen LogP contribution in [0.25, 0.3) is 0 Å². The Labute approximate surface area is 147 Å². The maximum Gasteiger partial charge on any atom is 0.408 e. The molecule has 0 fully saturated rings. The molecular formula is C18H26N2O5. The number of rotatable bonds is 5. The topological polar surface area (TPSA) is 119 Å². The second-order valence-electron chi connectivity index (χ2n) is 7.39. The summed E-state index contributed by atoms with van der Waals surface area (Å²) in [7, 11) is 0. The highest BCUT2D eigenvalue weighted by Gasteiger charge is 2.37. The number of aliphatic carboxylic acids is 1. The third kappa shape index (κ3) is 5.48. The molecule has 0 heterocycles. The van der Waals surface area contributed by atoms with Crippen molar-refractivity contribution in [3.05, 3.63) is 34.4 Å². The van der Waals surface area contributed by atoms with E-state index in [0.717, 1.165) is 16.7 Å². The van der Waals surface area contributed by atoms with Crippen LogP contribution in [-0.2, 0) is 16.0 Å². The Hall–Kier alpha value is -2.57. The van der Waals surface area contributed by atoms with Crippen molar-refractivity contribution in [1.29, 1.82) is 0 Å². The lowest BCUT2D eigenvalue weighted by Gasteiger charge is -2.29. The van der Waals surface area contributed by atoms with E-state index in [4.69, 9.17) is 10.5 Å². The summed E-state index contributed by atoms with van der Waals surface area (Å²) in [6.07, 6.45) is -0.764. The molecule has 1 atom stereocenters. The molecular weight excluding hydrogens is 324 g/mol. The molecule has 0 aliphatic heterocycles. The summed E-state index contributed by atoms with van der Waals surface area (Å²) in [5.41, 5.74) is 5.54. The molecule has 0 saturated carbocycles. The van der Waals surface area contributed by atoms with Crippen LogP contribution in [0.4, 0.5) is 4.79 Å². The minimum Gasteiger partial charge on any atom is -0.480 e. The molecule has 0 spiro atoms. The first-order valence-corrected chi connectivity index (χ1v) is 7.89. The van der Waals surface area contributed by atoms with Crippen molar-refractivity contribution < 1.29 is 24.2 Å². The fraction of sp³-hybridized carbons (Fsp3) is 0.500. The first kappa shape index (κ1) is 20.5. The standard InChI is InChI=1S/C18H26N2O5/c1-10-7-12(14(19)21)8-11(2)13(10)9-18(6,15(22)23)20-16(24)25-17(3,4)5/h7-8H,9H2,1-6H3,(H2,19,21)(H,20,24)(H,22,23)/t18-/m0/s1. The number of ether oxygens (including phenoxy) is 1. The summed E-state index contributed by atoms with van der Waals surface area (Å²) >= 11 is 0. The zero-order valence-electron chi connectivity index (χ0n) is 15.5. The number of hydrogen-bond acceptors (Lipinski definition) is 4. The van der Waals surface area contributed by atoms with Gasteiger partial charge in [0.15, 0.2) is 0 Å². The van der Waals surface area contributed by atoms with E-state index in [0.29, 0.717) is 5.56 Å². The van der Waals surface area contributed by atoms with E-state index in [9.17, 15) is 19.5 Å². The normalized spacial score (nSPS) is 13.7. The fourth-order valence-corrected chi connectivity index (χ4v) is 2.47. The van der Waals surface area contributed by atoms with E-state index >= 15 is 0 Å². The Kier molecular flexibility index (Phi) is 5.84. The number of nitrogens with two attached hydrogens (primary N) is 1. The van der Waals surface area contributed by atoms with Gasteiger partial charge in [0.1, 0.15) is 11.1 Å². The molecule has 7 nitrogen and oxygen atoms in total. The molecule has 0 radical (unpaired) electrons. The van der Waals surface area contributed by atoms with Gasteiger partial charge < -0.3 is 20.9 Å². The molecule has 0 bridgehead atoms. The second-order valence-corrected chi connectivity index (χ2v) is 7.39. The van der Waals surface area contributed by atoms with Gasteiger partial charge in [-0.1, -0.05) is 0 Å². The number of carbonyl (C=O) groups excluding carboxylic acids is 2. The van der Waals surface area contributed by atoms with E-state index in [-0.39, 0.29) is 6.42 Å². The average molecular weight is 350 g/mol. The van der Waals surface area contributed by atoms with E-state index in [1.807, 2.05) is 0 Å². The van der Waals surface area contributed by atoms with Crippen LogP contribution < -0.4 is 11.1 Å². The Morgan fingerprint density at radius 1 is 1.12 bits per heavy atom. The van der Waals surface area contributed by atoms with Crippen LogP contribution >= 0.6 is 0 Å². The second kappa shape index (κ2) is 7.13. The molecule has 0 aliphatic carbocycles. The predicted octanol–water partition coefficient (Wildman–Crippen LogP) is 2.31. The molecule has 1 aromatic rings. The zero-order valence-corrected chi connectivity index (χ0v) is 15.5. The smallest absolute Gasteiger partial charge is 0.408 e. The molecule has 138 valence electrons. The maximum absolute atomic E-state index is 12.0. The van der Waals surface area contributed by atoms with E-state index in [1.54, 1.807) is 46.8 Å². The van der Waals surface area contributed by atoms with Gasteiger partial charge in [0, 0.05) is 12.0 Å². The van der Waals surface area contributed by atoms with E-state index in [1.165, 1.54) is 6.92 Å². The average Bonchev–Trinajstić information content (AvgIpc) is 2.39. The summed E-state index contributed by atoms with van der Waals surface area (Å²) in [5, 5.41) is 12.1. The Morgan fingerprint density at radius 3 is 1.96 bits per heavy atom. The van der Waals surface area contributed by atoms with Crippen LogP contribution in [0.15, 0.2) is 12.1 Å². The first-order chi connectivity index (χ1) is 11.2. The highest BCUT2D eigenvalue weighted by molar-refractivity contribution is 5.93. The number of amides is 2. The van der Waals surface area contributed by atoms with Gasteiger partial charge in [-0.05, 0) is 70.4 Å². The largest absolute Gasteiger partial charge is 0.480 e. The lowest BCUT2D eigenvalue weighted by atomic mass is 9.87. The van der Waals surface area contributed by atoms with Crippen LogP contribution in [0.3, 0.4) is 0 Å². The summed E-state index contributed by atoms with van der Waals surface area (Å²) in [5.74, 6) is -1.73. The van der Waals surface area contributed by atoms with Crippen molar-refractivity contribution in [3.8, 4) is 0 Å². The molecule has 0 unspecified atom stereocenters. The summed E-state index contributed by atoms with van der Waals surface area (Å²) in [4.78, 5) is 35.1. The molecule has 2 amide bonds. The first-order valence-electron chi connectivity index (χ1n) is 7.89. The predicted molar refractivity (Wildman–Crippen MR) is 93.5 cm³/mol.